The SMILES string of the molecule is O=C1Nc2c(C#CCCl)cccc2C1=O. The van der Waals surface area contributed by atoms with E-state index in [1.165, 1.54) is 0 Å². The molecule has 0 radical (unpaired) electrons. The quantitative estimate of drug-likeness (QED) is 0.407. The smallest absolute Gasteiger partial charge is 0.296 e. The van der Waals surface area contributed by atoms with Crippen molar-refractivity contribution in [2.45, 2.75) is 0 Å². The summed E-state index contributed by atoms with van der Waals surface area (Å²) in [5.41, 5.74) is 1.49. The molecule has 0 atom stereocenters. The Labute approximate surface area is 91.4 Å². The van der Waals surface area contributed by atoms with Gasteiger partial charge in [0.05, 0.1) is 17.1 Å². The van der Waals surface area contributed by atoms with Crippen molar-refractivity contribution in [3.8, 4) is 11.8 Å². The molecular formula is C11H6ClNO2. The van der Waals surface area contributed by atoms with Crippen LogP contribution in [0.4, 0.5) is 5.69 Å². The molecule has 0 unspecified atom stereocenters. The predicted octanol–water partition coefficient (Wildman–Crippen LogP) is 1.41. The fourth-order valence-electron chi connectivity index (χ4n) is 1.40. The van der Waals surface area contributed by atoms with Crippen molar-refractivity contribution in [1.82, 2.24) is 0 Å². The third kappa shape index (κ3) is 1.60. The lowest BCUT2D eigenvalue weighted by atomic mass is 10.1. The molecule has 1 aliphatic rings. The number of nitrogens with one attached hydrogen (secondary N) is 1. The molecule has 0 saturated carbocycles. The van der Waals surface area contributed by atoms with E-state index in [2.05, 4.69) is 17.2 Å². The highest BCUT2D eigenvalue weighted by Gasteiger charge is 2.29. The third-order valence-corrected chi connectivity index (χ3v) is 2.18. The summed E-state index contributed by atoms with van der Waals surface area (Å²) in [5.74, 6) is 4.56. The van der Waals surface area contributed by atoms with Gasteiger partial charge in [0, 0.05) is 5.56 Å². The summed E-state index contributed by atoms with van der Waals surface area (Å²) < 4.78 is 0. The monoisotopic (exact) mass is 219 g/mol. The molecule has 1 N–H and O–H groups in total. The second kappa shape index (κ2) is 3.76. The van der Waals surface area contributed by atoms with Crippen LogP contribution >= 0.6 is 11.6 Å². The first kappa shape index (κ1) is 9.75. The van der Waals surface area contributed by atoms with Gasteiger partial charge in [-0.05, 0) is 12.1 Å². The molecule has 1 aliphatic heterocycles. The lowest BCUT2D eigenvalue weighted by molar-refractivity contribution is -0.112. The third-order valence-electron chi connectivity index (χ3n) is 2.04. The van der Waals surface area contributed by atoms with Gasteiger partial charge in [-0.15, -0.1) is 11.6 Å². The van der Waals surface area contributed by atoms with Gasteiger partial charge < -0.3 is 5.32 Å². The van der Waals surface area contributed by atoms with E-state index >= 15 is 0 Å². The zero-order valence-corrected chi connectivity index (χ0v) is 8.39. The molecule has 15 heavy (non-hydrogen) atoms. The van der Waals surface area contributed by atoms with E-state index in [0.717, 1.165) is 0 Å². The minimum Gasteiger partial charge on any atom is -0.317 e. The lowest BCUT2D eigenvalue weighted by Crippen LogP contribution is -2.12. The van der Waals surface area contributed by atoms with Crippen LogP contribution in [0.15, 0.2) is 18.2 Å². The molecule has 0 fully saturated rings. The van der Waals surface area contributed by atoms with Crippen molar-refractivity contribution in [2.75, 3.05) is 11.2 Å². The lowest BCUT2D eigenvalue weighted by Gasteiger charge is -1.99. The molecule has 74 valence electrons. The van der Waals surface area contributed by atoms with Crippen LogP contribution in [-0.4, -0.2) is 17.6 Å². The Morgan fingerprint density at radius 3 is 2.87 bits per heavy atom. The number of Topliss-reactive ketones (excluding diaryl/α,β-unsaturated/α-hetero) is 1. The predicted molar refractivity (Wildman–Crippen MR) is 57.0 cm³/mol. The fourth-order valence-corrected chi connectivity index (χ4v) is 1.47. The number of halogens is 1. The van der Waals surface area contributed by atoms with Crippen molar-refractivity contribution < 1.29 is 9.59 Å². The molecule has 0 spiro atoms. The summed E-state index contributed by atoms with van der Waals surface area (Å²) in [6.45, 7) is 0. The maximum absolute atomic E-state index is 11.3. The Bertz CT molecular complexity index is 511. The van der Waals surface area contributed by atoms with Crippen molar-refractivity contribution in [3.63, 3.8) is 0 Å². The molecule has 1 aromatic carbocycles. The van der Waals surface area contributed by atoms with E-state index in [1.807, 2.05) is 0 Å². The molecule has 0 aromatic heterocycles. The van der Waals surface area contributed by atoms with Crippen LogP contribution in [0.1, 0.15) is 15.9 Å². The molecule has 3 nitrogen and oxygen atoms in total. The number of para-hydroxylation sites is 1. The second-order valence-electron chi connectivity index (χ2n) is 2.95. The molecule has 1 amide bonds. The summed E-state index contributed by atoms with van der Waals surface area (Å²) in [6, 6.07) is 5.02. The standard InChI is InChI=1S/C11H6ClNO2/c12-6-2-4-7-3-1-5-8-9(7)13-11(15)10(8)14/h1,3,5H,6H2,(H,13,14,15). The average molecular weight is 220 g/mol. The molecule has 2 rings (SSSR count). The van der Waals surface area contributed by atoms with Crippen molar-refractivity contribution in [1.29, 1.82) is 0 Å². The first-order valence-electron chi connectivity index (χ1n) is 4.27. The van der Waals surface area contributed by atoms with Crippen LogP contribution in [0.5, 0.6) is 0 Å². The number of carbonyl (C=O) groups is 2. The van der Waals surface area contributed by atoms with Crippen molar-refractivity contribution in [3.05, 3.63) is 29.3 Å². The number of hydrogen-bond donors (Lipinski definition) is 1. The van der Waals surface area contributed by atoms with Crippen LogP contribution in [0.3, 0.4) is 0 Å². The topological polar surface area (TPSA) is 46.2 Å². The maximum atomic E-state index is 11.3. The van der Waals surface area contributed by atoms with E-state index in [-0.39, 0.29) is 5.88 Å². The normalized spacial score (nSPS) is 12.9. The van der Waals surface area contributed by atoms with Gasteiger partial charge in [0.1, 0.15) is 0 Å². The number of fused-ring (bicyclic) bond motifs is 1. The zero-order valence-electron chi connectivity index (χ0n) is 7.63. The maximum Gasteiger partial charge on any atom is 0.296 e. The molecule has 0 bridgehead atoms. The Hall–Kier alpha value is -1.79. The molecule has 0 aliphatic carbocycles. The Morgan fingerprint density at radius 2 is 2.13 bits per heavy atom. The van der Waals surface area contributed by atoms with Gasteiger partial charge in [0.15, 0.2) is 0 Å². The van der Waals surface area contributed by atoms with E-state index in [4.69, 9.17) is 11.6 Å². The Balaban J connectivity index is 2.54. The number of ketones is 1. The summed E-state index contributed by atoms with van der Waals surface area (Å²) >= 11 is 5.43. The summed E-state index contributed by atoms with van der Waals surface area (Å²) in [4.78, 5) is 22.5. The van der Waals surface area contributed by atoms with Gasteiger partial charge in [-0.1, -0.05) is 17.9 Å². The van der Waals surface area contributed by atoms with E-state index in [1.54, 1.807) is 18.2 Å². The molecule has 4 heteroatoms. The van der Waals surface area contributed by atoms with Crippen molar-refractivity contribution in [2.24, 2.45) is 0 Å². The highest BCUT2D eigenvalue weighted by molar-refractivity contribution is 6.51. The van der Waals surface area contributed by atoms with Crippen LogP contribution in [0.25, 0.3) is 0 Å². The number of anilines is 1. The van der Waals surface area contributed by atoms with E-state index in [9.17, 15) is 9.59 Å². The number of amides is 1. The van der Waals surface area contributed by atoms with Gasteiger partial charge in [-0.25, -0.2) is 0 Å². The first-order chi connectivity index (χ1) is 7.24. The number of carbonyl (C=O) groups excluding carboxylic acids is 2. The number of benzene rings is 1. The van der Waals surface area contributed by atoms with Crippen LogP contribution in [-0.2, 0) is 4.79 Å². The van der Waals surface area contributed by atoms with Gasteiger partial charge in [-0.2, -0.15) is 0 Å². The van der Waals surface area contributed by atoms with Crippen LogP contribution in [0, 0.1) is 11.8 Å². The largest absolute Gasteiger partial charge is 0.317 e. The van der Waals surface area contributed by atoms with Gasteiger partial charge in [0.2, 0.25) is 0 Å². The minimum atomic E-state index is -0.606. The van der Waals surface area contributed by atoms with Crippen LogP contribution in [0.2, 0.25) is 0 Å². The summed E-state index contributed by atoms with van der Waals surface area (Å²) in [6.07, 6.45) is 0. The fraction of sp³-hybridized carbons (Fsp3) is 0.0909. The molecule has 0 saturated heterocycles. The minimum absolute atomic E-state index is 0.214. The van der Waals surface area contributed by atoms with Crippen LogP contribution < -0.4 is 5.32 Å². The Morgan fingerprint density at radius 1 is 1.33 bits per heavy atom. The van der Waals surface area contributed by atoms with E-state index in [0.29, 0.717) is 16.8 Å². The summed E-state index contributed by atoms with van der Waals surface area (Å²) in [5, 5.41) is 2.49. The zero-order chi connectivity index (χ0) is 10.8. The number of hydrogen-bond acceptors (Lipinski definition) is 2. The van der Waals surface area contributed by atoms with Gasteiger partial charge in [-0.3, -0.25) is 9.59 Å². The highest BCUT2D eigenvalue weighted by atomic mass is 35.5. The van der Waals surface area contributed by atoms with E-state index < -0.39 is 11.7 Å². The molecule has 1 heterocycles. The highest BCUT2D eigenvalue weighted by Crippen LogP contribution is 2.26. The molecular weight excluding hydrogens is 214 g/mol. The summed E-state index contributed by atoms with van der Waals surface area (Å²) in [7, 11) is 0. The second-order valence-corrected chi connectivity index (χ2v) is 3.21. The average Bonchev–Trinajstić information content (AvgIpc) is 2.53. The number of rotatable bonds is 0. The molecule has 1 aromatic rings. The van der Waals surface area contributed by atoms with Gasteiger partial charge >= 0.3 is 0 Å². The first-order valence-corrected chi connectivity index (χ1v) is 4.81. The van der Waals surface area contributed by atoms with Crippen molar-refractivity contribution >= 4 is 29.0 Å². The van der Waals surface area contributed by atoms with Gasteiger partial charge in [0.25, 0.3) is 11.7 Å². The Kier molecular flexibility index (Phi) is 2.44. The number of alkyl halides is 1.